The van der Waals surface area contributed by atoms with Crippen molar-refractivity contribution in [3.05, 3.63) is 5.82 Å². The number of aromatic nitrogens is 4. The lowest BCUT2D eigenvalue weighted by atomic mass is 9.95. The molecule has 2 N–H and O–H groups in total. The number of nitrogens with zero attached hydrogens (tertiary/aromatic N) is 3. The van der Waals surface area contributed by atoms with Crippen molar-refractivity contribution in [3.63, 3.8) is 0 Å². The molecule has 80 valence electrons. The number of H-pyrrole nitrogens is 1. The summed E-state index contributed by atoms with van der Waals surface area (Å²) in [6.07, 6.45) is 4.98. The zero-order chi connectivity index (χ0) is 10.3. The predicted molar refractivity (Wildman–Crippen MR) is 50.9 cm³/mol. The lowest BCUT2D eigenvalue weighted by Gasteiger charge is -2.21. The molecule has 2 saturated carbocycles. The molecule has 0 saturated heterocycles. The SMILES string of the molecule is O=C(NC1CC2CCC1C2)c1nn[nH]n1. The number of tetrazole rings is 1. The third-order valence-electron chi connectivity index (χ3n) is 3.60. The molecule has 1 amide bonds. The molecule has 0 radical (unpaired) electrons. The summed E-state index contributed by atoms with van der Waals surface area (Å²) in [6.45, 7) is 0. The largest absolute Gasteiger partial charge is 0.346 e. The number of fused-ring (bicyclic) bond motifs is 2. The molecule has 1 aromatic heterocycles. The van der Waals surface area contributed by atoms with E-state index >= 15 is 0 Å². The summed E-state index contributed by atoms with van der Waals surface area (Å²) in [4.78, 5) is 11.6. The normalized spacial score (nSPS) is 33.2. The number of amides is 1. The topological polar surface area (TPSA) is 83.6 Å². The molecular weight excluding hydrogens is 194 g/mol. The Bertz CT molecular complexity index is 363. The van der Waals surface area contributed by atoms with E-state index in [4.69, 9.17) is 0 Å². The first kappa shape index (κ1) is 8.82. The molecule has 2 aliphatic rings. The second kappa shape index (κ2) is 3.29. The van der Waals surface area contributed by atoms with Gasteiger partial charge < -0.3 is 5.32 Å². The van der Waals surface area contributed by atoms with Crippen LogP contribution in [0.25, 0.3) is 0 Å². The van der Waals surface area contributed by atoms with Crippen LogP contribution in [0.5, 0.6) is 0 Å². The van der Waals surface area contributed by atoms with Crippen LogP contribution >= 0.6 is 0 Å². The highest BCUT2D eigenvalue weighted by molar-refractivity contribution is 5.90. The molecule has 6 nitrogen and oxygen atoms in total. The first-order valence-electron chi connectivity index (χ1n) is 5.37. The molecule has 6 heteroatoms. The van der Waals surface area contributed by atoms with Gasteiger partial charge in [0.05, 0.1) is 0 Å². The quantitative estimate of drug-likeness (QED) is 0.721. The van der Waals surface area contributed by atoms with E-state index < -0.39 is 0 Å². The van der Waals surface area contributed by atoms with E-state index in [0.29, 0.717) is 12.0 Å². The maximum absolute atomic E-state index is 11.6. The summed E-state index contributed by atoms with van der Waals surface area (Å²) < 4.78 is 0. The van der Waals surface area contributed by atoms with Crippen LogP contribution in [-0.4, -0.2) is 32.6 Å². The van der Waals surface area contributed by atoms with Crippen molar-refractivity contribution in [1.29, 1.82) is 0 Å². The van der Waals surface area contributed by atoms with E-state index in [1.807, 2.05) is 0 Å². The summed E-state index contributed by atoms with van der Waals surface area (Å²) in [7, 11) is 0. The Morgan fingerprint density at radius 3 is 2.93 bits per heavy atom. The Hall–Kier alpha value is -1.46. The first-order valence-corrected chi connectivity index (χ1v) is 5.37. The lowest BCUT2D eigenvalue weighted by Crippen LogP contribution is -2.38. The number of hydrogen-bond acceptors (Lipinski definition) is 4. The highest BCUT2D eigenvalue weighted by Gasteiger charge is 2.40. The fourth-order valence-electron chi connectivity index (χ4n) is 2.91. The summed E-state index contributed by atoms with van der Waals surface area (Å²) in [5, 5.41) is 16.0. The molecule has 3 atom stereocenters. The Balaban J connectivity index is 1.64. The summed E-state index contributed by atoms with van der Waals surface area (Å²) in [6, 6.07) is 0.328. The van der Waals surface area contributed by atoms with Gasteiger partial charge in [0.15, 0.2) is 0 Å². The predicted octanol–water partition coefficient (Wildman–Crippen LogP) is 0.118. The van der Waals surface area contributed by atoms with Crippen LogP contribution in [0.3, 0.4) is 0 Å². The van der Waals surface area contributed by atoms with Crippen LogP contribution in [-0.2, 0) is 0 Å². The zero-order valence-electron chi connectivity index (χ0n) is 8.31. The molecule has 3 unspecified atom stereocenters. The van der Waals surface area contributed by atoms with Crippen LogP contribution in [0.4, 0.5) is 0 Å². The lowest BCUT2D eigenvalue weighted by molar-refractivity contribution is 0.0912. The van der Waals surface area contributed by atoms with Crippen molar-refractivity contribution in [1.82, 2.24) is 25.9 Å². The van der Waals surface area contributed by atoms with Gasteiger partial charge in [-0.05, 0) is 36.3 Å². The van der Waals surface area contributed by atoms with E-state index in [-0.39, 0.29) is 11.7 Å². The minimum absolute atomic E-state index is 0.137. The number of carbonyl (C=O) groups excluding carboxylic acids is 1. The highest BCUT2D eigenvalue weighted by Crippen LogP contribution is 2.44. The molecule has 1 heterocycles. The molecule has 0 aliphatic heterocycles. The molecule has 2 aliphatic carbocycles. The number of aromatic amines is 1. The van der Waals surface area contributed by atoms with Crippen LogP contribution in [0.1, 0.15) is 36.3 Å². The van der Waals surface area contributed by atoms with Gasteiger partial charge in [-0.3, -0.25) is 4.79 Å². The van der Waals surface area contributed by atoms with Gasteiger partial charge in [-0.15, -0.1) is 10.2 Å². The van der Waals surface area contributed by atoms with Crippen LogP contribution < -0.4 is 5.32 Å². The molecule has 0 spiro atoms. The molecule has 2 bridgehead atoms. The van der Waals surface area contributed by atoms with Gasteiger partial charge in [0, 0.05) is 6.04 Å². The zero-order valence-corrected chi connectivity index (χ0v) is 8.31. The van der Waals surface area contributed by atoms with Gasteiger partial charge in [-0.25, -0.2) is 0 Å². The highest BCUT2D eigenvalue weighted by atomic mass is 16.2. The average molecular weight is 207 g/mol. The smallest absolute Gasteiger partial charge is 0.293 e. The first-order chi connectivity index (χ1) is 7.33. The number of hydrogen-bond donors (Lipinski definition) is 2. The summed E-state index contributed by atoms with van der Waals surface area (Å²) in [5.41, 5.74) is 0. The standard InChI is InChI=1S/C9H13N5O/c15-9(8-11-13-14-12-8)10-7-4-5-1-2-6(7)3-5/h5-7H,1-4H2,(H,10,15)(H,11,12,13,14). The van der Waals surface area contributed by atoms with E-state index in [9.17, 15) is 4.79 Å². The molecule has 2 fully saturated rings. The van der Waals surface area contributed by atoms with Gasteiger partial charge in [0.2, 0.25) is 0 Å². The molecule has 0 aromatic carbocycles. The van der Waals surface area contributed by atoms with Crippen molar-refractivity contribution in [2.75, 3.05) is 0 Å². The average Bonchev–Trinajstić information content (AvgIpc) is 2.95. The number of carbonyl (C=O) groups is 1. The maximum atomic E-state index is 11.6. The Morgan fingerprint density at radius 2 is 2.33 bits per heavy atom. The fourth-order valence-corrected chi connectivity index (χ4v) is 2.91. The van der Waals surface area contributed by atoms with Gasteiger partial charge in [-0.2, -0.15) is 5.21 Å². The van der Waals surface area contributed by atoms with Crippen molar-refractivity contribution in [2.45, 2.75) is 31.7 Å². The molecule has 1 aromatic rings. The van der Waals surface area contributed by atoms with Crippen LogP contribution in [0, 0.1) is 11.8 Å². The second-order valence-corrected chi connectivity index (χ2v) is 4.49. The van der Waals surface area contributed by atoms with E-state index in [0.717, 1.165) is 12.3 Å². The van der Waals surface area contributed by atoms with Gasteiger partial charge in [0.25, 0.3) is 11.7 Å². The Morgan fingerprint density at radius 1 is 1.40 bits per heavy atom. The minimum atomic E-state index is -0.207. The van der Waals surface area contributed by atoms with Crippen molar-refractivity contribution < 1.29 is 4.79 Å². The van der Waals surface area contributed by atoms with E-state index in [1.54, 1.807) is 0 Å². The minimum Gasteiger partial charge on any atom is -0.346 e. The maximum Gasteiger partial charge on any atom is 0.293 e. The van der Waals surface area contributed by atoms with Crippen molar-refractivity contribution in [2.24, 2.45) is 11.8 Å². The fraction of sp³-hybridized carbons (Fsp3) is 0.778. The van der Waals surface area contributed by atoms with Crippen LogP contribution in [0.2, 0.25) is 0 Å². The monoisotopic (exact) mass is 207 g/mol. The Kier molecular flexibility index (Phi) is 1.93. The second-order valence-electron chi connectivity index (χ2n) is 4.49. The number of rotatable bonds is 2. The third kappa shape index (κ3) is 1.49. The van der Waals surface area contributed by atoms with Crippen LogP contribution in [0.15, 0.2) is 0 Å². The number of nitrogens with one attached hydrogen (secondary N) is 2. The molecule has 3 rings (SSSR count). The van der Waals surface area contributed by atoms with Gasteiger partial charge in [-0.1, -0.05) is 6.42 Å². The summed E-state index contributed by atoms with van der Waals surface area (Å²) >= 11 is 0. The van der Waals surface area contributed by atoms with E-state index in [2.05, 4.69) is 25.9 Å². The summed E-state index contributed by atoms with van der Waals surface area (Å²) in [5.74, 6) is 1.43. The van der Waals surface area contributed by atoms with Gasteiger partial charge in [0.1, 0.15) is 0 Å². The molecule has 15 heavy (non-hydrogen) atoms. The van der Waals surface area contributed by atoms with E-state index in [1.165, 1.54) is 19.3 Å². The Labute approximate surface area is 86.8 Å². The third-order valence-corrected chi connectivity index (χ3v) is 3.60. The van der Waals surface area contributed by atoms with Gasteiger partial charge >= 0.3 is 0 Å². The van der Waals surface area contributed by atoms with Crippen molar-refractivity contribution >= 4 is 5.91 Å². The molecular formula is C9H13N5O. The van der Waals surface area contributed by atoms with Crippen molar-refractivity contribution in [3.8, 4) is 0 Å².